The minimum atomic E-state index is -1.30. The topological polar surface area (TPSA) is 82.5 Å². The van der Waals surface area contributed by atoms with Gasteiger partial charge in [0.2, 0.25) is 0 Å². The molecule has 0 bridgehead atoms. The molecule has 0 radical (unpaired) electrons. The van der Waals surface area contributed by atoms with Crippen LogP contribution in [-0.2, 0) is 4.79 Å². The molecular formula is C15H16N2O3. The van der Waals surface area contributed by atoms with Crippen LogP contribution >= 0.6 is 0 Å². The van der Waals surface area contributed by atoms with Crippen molar-refractivity contribution in [2.45, 2.75) is 12.1 Å². The molecule has 0 fully saturated rings. The summed E-state index contributed by atoms with van der Waals surface area (Å²) in [6, 6.07) is 11.8. The highest BCUT2D eigenvalue weighted by Crippen LogP contribution is 2.15. The molecule has 2 aromatic rings. The van der Waals surface area contributed by atoms with Crippen molar-refractivity contribution in [2.75, 3.05) is 6.61 Å². The number of hydrogen-bond donors (Lipinski definition) is 3. The van der Waals surface area contributed by atoms with E-state index in [-0.39, 0.29) is 6.61 Å². The lowest BCUT2D eigenvalue weighted by atomic mass is 10.1. The van der Waals surface area contributed by atoms with Gasteiger partial charge in [0, 0.05) is 18.0 Å². The summed E-state index contributed by atoms with van der Waals surface area (Å²) in [5.41, 5.74) is 1.19. The molecule has 104 valence electrons. The molecule has 0 saturated carbocycles. The summed E-state index contributed by atoms with van der Waals surface area (Å²) in [7, 11) is 0. The van der Waals surface area contributed by atoms with E-state index in [1.54, 1.807) is 30.5 Å². The van der Waals surface area contributed by atoms with Crippen LogP contribution in [0.25, 0.3) is 0 Å². The summed E-state index contributed by atoms with van der Waals surface area (Å²) < 4.78 is 0. The molecule has 0 aliphatic heterocycles. The predicted octanol–water partition coefficient (Wildman–Crippen LogP) is 0.965. The SMILES string of the molecule is O=C(N[C@@H](CO)c1ccccc1)[C@@H](O)c1cccnc1. The maximum atomic E-state index is 12.0. The first-order chi connectivity index (χ1) is 9.72. The molecule has 0 spiro atoms. The van der Waals surface area contributed by atoms with Crippen molar-refractivity contribution in [3.05, 3.63) is 66.0 Å². The number of benzene rings is 1. The maximum Gasteiger partial charge on any atom is 0.254 e. The highest BCUT2D eigenvalue weighted by molar-refractivity contribution is 5.82. The van der Waals surface area contributed by atoms with Gasteiger partial charge in [0.1, 0.15) is 0 Å². The highest BCUT2D eigenvalue weighted by Gasteiger charge is 2.21. The fourth-order valence-electron chi connectivity index (χ4n) is 1.86. The Bertz CT molecular complexity index is 546. The van der Waals surface area contributed by atoms with Crippen LogP contribution in [0.3, 0.4) is 0 Å². The zero-order valence-electron chi connectivity index (χ0n) is 10.8. The quantitative estimate of drug-likeness (QED) is 0.757. The van der Waals surface area contributed by atoms with E-state index in [4.69, 9.17) is 0 Å². The summed E-state index contributed by atoms with van der Waals surface area (Å²) in [5.74, 6) is -0.569. The highest BCUT2D eigenvalue weighted by atomic mass is 16.3. The van der Waals surface area contributed by atoms with Gasteiger partial charge in [-0.3, -0.25) is 9.78 Å². The number of aliphatic hydroxyl groups excluding tert-OH is 2. The van der Waals surface area contributed by atoms with Gasteiger partial charge in [-0.1, -0.05) is 36.4 Å². The van der Waals surface area contributed by atoms with Crippen molar-refractivity contribution in [1.29, 1.82) is 0 Å². The molecule has 5 heteroatoms. The first-order valence-corrected chi connectivity index (χ1v) is 6.26. The van der Waals surface area contributed by atoms with Crippen LogP contribution in [0.2, 0.25) is 0 Å². The van der Waals surface area contributed by atoms with Gasteiger partial charge in [-0.05, 0) is 11.6 Å². The Morgan fingerprint density at radius 2 is 1.85 bits per heavy atom. The summed E-state index contributed by atoms with van der Waals surface area (Å²) in [4.78, 5) is 15.8. The van der Waals surface area contributed by atoms with Crippen LogP contribution in [0.5, 0.6) is 0 Å². The van der Waals surface area contributed by atoms with Crippen LogP contribution in [0.4, 0.5) is 0 Å². The predicted molar refractivity (Wildman–Crippen MR) is 73.6 cm³/mol. The average Bonchev–Trinajstić information content (AvgIpc) is 2.53. The number of nitrogens with one attached hydrogen (secondary N) is 1. The van der Waals surface area contributed by atoms with E-state index in [9.17, 15) is 15.0 Å². The van der Waals surface area contributed by atoms with Crippen LogP contribution in [0, 0.1) is 0 Å². The van der Waals surface area contributed by atoms with Gasteiger partial charge in [-0.15, -0.1) is 0 Å². The van der Waals surface area contributed by atoms with Gasteiger partial charge in [0.25, 0.3) is 5.91 Å². The van der Waals surface area contributed by atoms with E-state index in [0.29, 0.717) is 5.56 Å². The van der Waals surface area contributed by atoms with E-state index in [2.05, 4.69) is 10.3 Å². The average molecular weight is 272 g/mol. The third-order valence-electron chi connectivity index (χ3n) is 2.95. The molecule has 3 N–H and O–H groups in total. The van der Waals surface area contributed by atoms with Crippen LogP contribution < -0.4 is 5.32 Å². The number of aliphatic hydroxyl groups is 2. The minimum Gasteiger partial charge on any atom is -0.394 e. The zero-order valence-corrected chi connectivity index (χ0v) is 10.8. The van der Waals surface area contributed by atoms with Crippen molar-refractivity contribution in [3.8, 4) is 0 Å². The zero-order chi connectivity index (χ0) is 14.4. The van der Waals surface area contributed by atoms with Crippen molar-refractivity contribution in [1.82, 2.24) is 10.3 Å². The Morgan fingerprint density at radius 1 is 1.15 bits per heavy atom. The van der Waals surface area contributed by atoms with E-state index in [1.165, 1.54) is 6.20 Å². The number of rotatable bonds is 5. The third kappa shape index (κ3) is 3.40. The van der Waals surface area contributed by atoms with Crippen LogP contribution in [0.15, 0.2) is 54.9 Å². The van der Waals surface area contributed by atoms with E-state index in [0.717, 1.165) is 5.56 Å². The third-order valence-corrected chi connectivity index (χ3v) is 2.95. The monoisotopic (exact) mass is 272 g/mol. The summed E-state index contributed by atoms with van der Waals surface area (Å²) >= 11 is 0. The van der Waals surface area contributed by atoms with E-state index in [1.807, 2.05) is 18.2 Å². The molecule has 1 amide bonds. The number of hydrogen-bond acceptors (Lipinski definition) is 4. The molecule has 20 heavy (non-hydrogen) atoms. The summed E-state index contributed by atoms with van der Waals surface area (Å²) in [6.45, 7) is -0.241. The van der Waals surface area contributed by atoms with Gasteiger partial charge in [0.15, 0.2) is 6.10 Å². The van der Waals surface area contributed by atoms with E-state index < -0.39 is 18.1 Å². The smallest absolute Gasteiger partial charge is 0.254 e. The second kappa shape index (κ2) is 6.79. The molecule has 0 aliphatic carbocycles. The van der Waals surface area contributed by atoms with E-state index >= 15 is 0 Å². The summed E-state index contributed by atoms with van der Waals surface area (Å²) in [5, 5.41) is 21.9. The molecular weight excluding hydrogens is 256 g/mol. The lowest BCUT2D eigenvalue weighted by Crippen LogP contribution is -2.34. The molecule has 1 aromatic heterocycles. The largest absolute Gasteiger partial charge is 0.394 e. The molecule has 1 heterocycles. The molecule has 2 rings (SSSR count). The lowest BCUT2D eigenvalue weighted by molar-refractivity contribution is -0.130. The molecule has 0 saturated heterocycles. The number of carbonyl (C=O) groups is 1. The first-order valence-electron chi connectivity index (χ1n) is 6.26. The molecule has 2 atom stereocenters. The Labute approximate surface area is 116 Å². The molecule has 0 aliphatic rings. The van der Waals surface area contributed by atoms with Crippen molar-refractivity contribution in [2.24, 2.45) is 0 Å². The molecule has 5 nitrogen and oxygen atoms in total. The number of carbonyl (C=O) groups excluding carboxylic acids is 1. The second-order valence-electron chi connectivity index (χ2n) is 4.34. The number of pyridine rings is 1. The first kappa shape index (κ1) is 14.2. The standard InChI is InChI=1S/C15H16N2O3/c18-10-13(11-5-2-1-3-6-11)17-15(20)14(19)12-7-4-8-16-9-12/h1-9,13-14,18-19H,10H2,(H,17,20)/t13-,14-/m0/s1. The fourth-order valence-corrected chi connectivity index (χ4v) is 1.86. The Balaban J connectivity index is 2.06. The summed E-state index contributed by atoms with van der Waals surface area (Å²) in [6.07, 6.45) is 1.69. The Morgan fingerprint density at radius 3 is 2.45 bits per heavy atom. The van der Waals surface area contributed by atoms with Gasteiger partial charge >= 0.3 is 0 Å². The fraction of sp³-hybridized carbons (Fsp3) is 0.200. The normalized spacial score (nSPS) is 13.5. The number of amides is 1. The second-order valence-corrected chi connectivity index (χ2v) is 4.34. The minimum absolute atomic E-state index is 0.241. The van der Waals surface area contributed by atoms with Crippen molar-refractivity contribution in [3.63, 3.8) is 0 Å². The number of nitrogens with zero attached hydrogens (tertiary/aromatic N) is 1. The van der Waals surface area contributed by atoms with Gasteiger partial charge in [0.05, 0.1) is 12.6 Å². The van der Waals surface area contributed by atoms with Crippen LogP contribution in [0.1, 0.15) is 23.3 Å². The van der Waals surface area contributed by atoms with Gasteiger partial charge in [-0.2, -0.15) is 0 Å². The lowest BCUT2D eigenvalue weighted by Gasteiger charge is -2.19. The number of aromatic nitrogens is 1. The van der Waals surface area contributed by atoms with Crippen molar-refractivity contribution < 1.29 is 15.0 Å². The maximum absolute atomic E-state index is 12.0. The van der Waals surface area contributed by atoms with Gasteiger partial charge < -0.3 is 15.5 Å². The molecule has 1 aromatic carbocycles. The van der Waals surface area contributed by atoms with Gasteiger partial charge in [-0.25, -0.2) is 0 Å². The van der Waals surface area contributed by atoms with Crippen molar-refractivity contribution >= 4 is 5.91 Å². The Hall–Kier alpha value is -2.24. The van der Waals surface area contributed by atoms with Crippen LogP contribution in [-0.4, -0.2) is 27.7 Å². The molecule has 0 unspecified atom stereocenters. The Kier molecular flexibility index (Phi) is 4.81.